The van der Waals surface area contributed by atoms with Crippen molar-refractivity contribution in [2.75, 3.05) is 57.9 Å². The van der Waals surface area contributed by atoms with Crippen molar-refractivity contribution < 1.29 is 9.13 Å². The maximum atomic E-state index is 13.9. The summed E-state index contributed by atoms with van der Waals surface area (Å²) in [5.74, 6) is 0.771. The largest absolute Gasteiger partial charge is 0.380 e. The van der Waals surface area contributed by atoms with Crippen LogP contribution in [-0.2, 0) is 4.74 Å². The molecule has 0 aliphatic carbocycles. The lowest BCUT2D eigenvalue weighted by Crippen LogP contribution is -2.56. The van der Waals surface area contributed by atoms with E-state index in [1.54, 1.807) is 6.07 Å². The topological polar surface area (TPSA) is 40.1 Å². The Labute approximate surface area is 137 Å². The Balaban J connectivity index is 1.54. The minimum atomic E-state index is -0.152. The highest BCUT2D eigenvalue weighted by molar-refractivity contribution is 5.80. The van der Waals surface area contributed by atoms with Gasteiger partial charge in [-0.25, -0.2) is 4.39 Å². The Hall–Kier alpha value is -1.82. The van der Waals surface area contributed by atoms with Gasteiger partial charge < -0.3 is 19.9 Å². The van der Waals surface area contributed by atoms with Crippen LogP contribution in [-0.4, -0.2) is 63.8 Å². The quantitative estimate of drug-likeness (QED) is 0.678. The highest BCUT2D eigenvalue weighted by Gasteiger charge is 2.34. The molecule has 5 nitrogen and oxygen atoms in total. The number of anilines is 1. The molecule has 0 spiro atoms. The summed E-state index contributed by atoms with van der Waals surface area (Å²) in [4.78, 5) is 8.72. The maximum absolute atomic E-state index is 13.9. The molecule has 0 saturated carbocycles. The lowest BCUT2D eigenvalue weighted by Gasteiger charge is -2.41. The fraction of sp³-hybridized carbons (Fsp3) is 0.588. The van der Waals surface area contributed by atoms with Crippen LogP contribution in [0, 0.1) is 11.2 Å². The van der Waals surface area contributed by atoms with E-state index in [4.69, 9.17) is 4.74 Å². The number of nitrogens with zero attached hydrogens (tertiary/aromatic N) is 3. The Morgan fingerprint density at radius 1 is 1.26 bits per heavy atom. The number of hydrogen-bond acceptors (Lipinski definition) is 3. The highest BCUT2D eigenvalue weighted by atomic mass is 19.1. The highest BCUT2D eigenvalue weighted by Crippen LogP contribution is 2.25. The Morgan fingerprint density at radius 2 is 1.96 bits per heavy atom. The lowest BCUT2D eigenvalue weighted by molar-refractivity contribution is -0.0972. The van der Waals surface area contributed by atoms with Gasteiger partial charge >= 0.3 is 0 Å². The van der Waals surface area contributed by atoms with E-state index in [1.165, 1.54) is 6.07 Å². The van der Waals surface area contributed by atoms with E-state index in [-0.39, 0.29) is 11.2 Å². The van der Waals surface area contributed by atoms with Gasteiger partial charge in [0.2, 0.25) is 0 Å². The predicted octanol–water partition coefficient (Wildman–Crippen LogP) is 1.56. The molecule has 3 rings (SSSR count). The van der Waals surface area contributed by atoms with Gasteiger partial charge in [0.15, 0.2) is 5.96 Å². The molecule has 1 aromatic rings. The van der Waals surface area contributed by atoms with Crippen LogP contribution >= 0.6 is 0 Å². The molecular formula is C17H25FN4O. The average Bonchev–Trinajstić information content (AvgIpc) is 2.55. The second-order valence-corrected chi connectivity index (χ2v) is 6.63. The average molecular weight is 320 g/mol. The third-order valence-corrected chi connectivity index (χ3v) is 4.56. The standard InChI is InChI=1S/C17H25FN4O/c1-17(12-23-13-17)11-20-16(19-2)22-9-7-21(8-10-22)15-6-4-3-5-14(15)18/h3-6H,7-13H2,1-2H3,(H,19,20). The summed E-state index contributed by atoms with van der Waals surface area (Å²) in [7, 11) is 1.81. The van der Waals surface area contributed by atoms with Crippen molar-refractivity contribution in [3.63, 3.8) is 0 Å². The van der Waals surface area contributed by atoms with Crippen LogP contribution < -0.4 is 10.2 Å². The molecule has 0 aromatic heterocycles. The number of halogens is 1. The van der Waals surface area contributed by atoms with Gasteiger partial charge in [-0.3, -0.25) is 4.99 Å². The van der Waals surface area contributed by atoms with Crippen LogP contribution in [0.2, 0.25) is 0 Å². The molecular weight excluding hydrogens is 295 g/mol. The van der Waals surface area contributed by atoms with E-state index in [2.05, 4.69) is 27.0 Å². The van der Waals surface area contributed by atoms with Crippen LogP contribution in [0.5, 0.6) is 0 Å². The second-order valence-electron chi connectivity index (χ2n) is 6.63. The number of benzene rings is 1. The van der Waals surface area contributed by atoms with Crippen LogP contribution in [0.1, 0.15) is 6.92 Å². The number of para-hydroxylation sites is 1. The first kappa shape index (κ1) is 16.1. The summed E-state index contributed by atoms with van der Waals surface area (Å²) in [6.45, 7) is 7.95. The summed E-state index contributed by atoms with van der Waals surface area (Å²) in [5, 5.41) is 3.45. The van der Waals surface area contributed by atoms with E-state index < -0.39 is 0 Å². The molecule has 2 aliphatic heterocycles. The van der Waals surface area contributed by atoms with Crippen LogP contribution in [0.25, 0.3) is 0 Å². The van der Waals surface area contributed by atoms with Crippen molar-refractivity contribution >= 4 is 11.6 Å². The number of piperazine rings is 1. The maximum Gasteiger partial charge on any atom is 0.193 e. The van der Waals surface area contributed by atoms with Gasteiger partial charge in [-0.15, -0.1) is 0 Å². The van der Waals surface area contributed by atoms with Crippen LogP contribution in [0.4, 0.5) is 10.1 Å². The molecule has 2 fully saturated rings. The molecule has 0 bridgehead atoms. The van der Waals surface area contributed by atoms with Crippen molar-refractivity contribution in [1.29, 1.82) is 0 Å². The Kier molecular flexibility index (Phi) is 4.71. The lowest BCUT2D eigenvalue weighted by atomic mass is 9.89. The fourth-order valence-corrected chi connectivity index (χ4v) is 3.04. The molecule has 1 aromatic carbocycles. The molecule has 0 amide bonds. The summed E-state index contributed by atoms with van der Waals surface area (Å²) in [5.41, 5.74) is 0.902. The van der Waals surface area contributed by atoms with Gasteiger partial charge in [0.1, 0.15) is 5.82 Å². The molecule has 2 saturated heterocycles. The fourth-order valence-electron chi connectivity index (χ4n) is 3.04. The molecule has 0 radical (unpaired) electrons. The number of rotatable bonds is 3. The van der Waals surface area contributed by atoms with E-state index in [0.29, 0.717) is 5.69 Å². The Bertz CT molecular complexity index is 565. The monoisotopic (exact) mass is 320 g/mol. The summed E-state index contributed by atoms with van der Waals surface area (Å²) < 4.78 is 19.2. The minimum absolute atomic E-state index is 0.152. The van der Waals surface area contributed by atoms with Gasteiger partial charge in [-0.2, -0.15) is 0 Å². The number of ether oxygens (including phenoxy) is 1. The number of aliphatic imine (C=N–C) groups is 1. The number of nitrogens with one attached hydrogen (secondary N) is 1. The Morgan fingerprint density at radius 3 is 2.52 bits per heavy atom. The molecule has 6 heteroatoms. The van der Waals surface area contributed by atoms with Gasteiger partial charge in [0.05, 0.1) is 18.9 Å². The zero-order chi connectivity index (χ0) is 16.3. The zero-order valence-corrected chi connectivity index (χ0v) is 13.9. The van der Waals surface area contributed by atoms with Crippen LogP contribution in [0.15, 0.2) is 29.3 Å². The number of guanidine groups is 1. The van der Waals surface area contributed by atoms with E-state index >= 15 is 0 Å². The van der Waals surface area contributed by atoms with Crippen molar-refractivity contribution in [2.45, 2.75) is 6.92 Å². The van der Waals surface area contributed by atoms with Gasteiger partial charge in [0.25, 0.3) is 0 Å². The summed E-state index contributed by atoms with van der Waals surface area (Å²) in [6, 6.07) is 6.97. The molecule has 0 atom stereocenters. The van der Waals surface area contributed by atoms with Gasteiger partial charge in [0, 0.05) is 45.2 Å². The van der Waals surface area contributed by atoms with Crippen molar-refractivity contribution in [2.24, 2.45) is 10.4 Å². The molecule has 23 heavy (non-hydrogen) atoms. The van der Waals surface area contributed by atoms with Crippen molar-refractivity contribution in [1.82, 2.24) is 10.2 Å². The van der Waals surface area contributed by atoms with E-state index in [1.807, 2.05) is 19.2 Å². The number of hydrogen-bond donors (Lipinski definition) is 1. The zero-order valence-electron chi connectivity index (χ0n) is 13.9. The van der Waals surface area contributed by atoms with Gasteiger partial charge in [-0.1, -0.05) is 19.1 Å². The predicted molar refractivity (Wildman–Crippen MR) is 90.5 cm³/mol. The smallest absolute Gasteiger partial charge is 0.193 e. The summed E-state index contributed by atoms with van der Waals surface area (Å²) >= 11 is 0. The van der Waals surface area contributed by atoms with Gasteiger partial charge in [-0.05, 0) is 12.1 Å². The normalized spacial score (nSPS) is 21.1. The third kappa shape index (κ3) is 3.58. The first-order valence-corrected chi connectivity index (χ1v) is 8.14. The summed E-state index contributed by atoms with van der Waals surface area (Å²) in [6.07, 6.45) is 0. The first-order valence-electron chi connectivity index (χ1n) is 8.14. The van der Waals surface area contributed by atoms with Crippen molar-refractivity contribution in [3.8, 4) is 0 Å². The molecule has 2 aliphatic rings. The first-order chi connectivity index (χ1) is 11.1. The minimum Gasteiger partial charge on any atom is -0.380 e. The molecule has 126 valence electrons. The SMILES string of the molecule is CN=C(NCC1(C)COC1)N1CCN(c2ccccc2F)CC1. The molecule has 1 N–H and O–H groups in total. The van der Waals surface area contributed by atoms with E-state index in [9.17, 15) is 4.39 Å². The van der Waals surface area contributed by atoms with Crippen LogP contribution in [0.3, 0.4) is 0 Å². The molecule has 0 unspecified atom stereocenters. The molecule has 2 heterocycles. The third-order valence-electron chi connectivity index (χ3n) is 4.56. The van der Waals surface area contributed by atoms with E-state index in [0.717, 1.165) is 51.9 Å². The van der Waals surface area contributed by atoms with Crippen molar-refractivity contribution in [3.05, 3.63) is 30.1 Å². The second kappa shape index (κ2) is 6.74.